The second-order valence-corrected chi connectivity index (χ2v) is 5.43. The zero-order chi connectivity index (χ0) is 13.9. The van der Waals surface area contributed by atoms with Crippen LogP contribution in [0.25, 0.3) is 11.5 Å². The Bertz CT molecular complexity index is 622. The Morgan fingerprint density at radius 1 is 1.50 bits per heavy atom. The molecule has 2 atom stereocenters. The monoisotopic (exact) mass is 290 g/mol. The zero-order valence-corrected chi connectivity index (χ0v) is 12.3. The van der Waals surface area contributed by atoms with Crippen molar-refractivity contribution in [3.8, 4) is 11.5 Å². The number of hydrogen-bond donors (Lipinski definition) is 1. The summed E-state index contributed by atoms with van der Waals surface area (Å²) in [4.78, 5) is 4.36. The van der Waals surface area contributed by atoms with Crippen LogP contribution < -0.4 is 0 Å². The third kappa shape index (κ3) is 2.53. The molecule has 0 aliphatic carbocycles. The van der Waals surface area contributed by atoms with Crippen molar-refractivity contribution in [3.05, 3.63) is 29.2 Å². The maximum atomic E-state index is 5.76. The van der Waals surface area contributed by atoms with E-state index >= 15 is 0 Å². The number of ether oxygens (including phenoxy) is 1. The third-order valence-electron chi connectivity index (χ3n) is 3.82. The number of hydrogen-bond acceptors (Lipinski definition) is 4. The summed E-state index contributed by atoms with van der Waals surface area (Å²) < 4.78 is 8.44. The molecule has 2 aromatic heterocycles. The van der Waals surface area contributed by atoms with Crippen molar-refractivity contribution in [2.45, 2.75) is 32.4 Å². The van der Waals surface area contributed by atoms with E-state index in [1.54, 1.807) is 6.20 Å². The molecule has 0 bridgehead atoms. The molecular weight excluding hydrogens is 272 g/mol. The highest BCUT2D eigenvalue weighted by molar-refractivity contribution is 7.71. The number of nitrogens with one attached hydrogen (secondary N) is 1. The Morgan fingerprint density at radius 3 is 3.15 bits per heavy atom. The molecule has 1 aliphatic heterocycles. The second-order valence-electron chi connectivity index (χ2n) is 5.04. The minimum Gasteiger partial charge on any atom is -0.378 e. The molecule has 2 aromatic rings. The van der Waals surface area contributed by atoms with Crippen molar-refractivity contribution >= 4 is 12.2 Å². The lowest BCUT2D eigenvalue weighted by Crippen LogP contribution is -2.21. The maximum absolute atomic E-state index is 5.76. The van der Waals surface area contributed by atoms with Crippen molar-refractivity contribution in [2.24, 2.45) is 5.92 Å². The average molecular weight is 290 g/mol. The highest BCUT2D eigenvalue weighted by Gasteiger charge is 2.28. The fraction of sp³-hybridized carbons (Fsp3) is 0.500. The molecule has 0 saturated carbocycles. The van der Waals surface area contributed by atoms with E-state index in [1.807, 2.05) is 22.8 Å². The second kappa shape index (κ2) is 5.85. The summed E-state index contributed by atoms with van der Waals surface area (Å²) in [5, 5.41) is 7.20. The smallest absolute Gasteiger partial charge is 0.195 e. The van der Waals surface area contributed by atoms with Gasteiger partial charge < -0.3 is 4.74 Å². The first-order chi connectivity index (χ1) is 9.79. The van der Waals surface area contributed by atoms with E-state index in [0.29, 0.717) is 16.8 Å². The Hall–Kier alpha value is -1.53. The highest BCUT2D eigenvalue weighted by Crippen LogP contribution is 2.26. The van der Waals surface area contributed by atoms with Crippen LogP contribution in [0.4, 0.5) is 0 Å². The summed E-state index contributed by atoms with van der Waals surface area (Å²) in [6.07, 6.45) is 4.20. The van der Waals surface area contributed by atoms with Crippen molar-refractivity contribution in [3.63, 3.8) is 0 Å². The zero-order valence-electron chi connectivity index (χ0n) is 11.5. The average Bonchev–Trinajstić information content (AvgIpc) is 3.08. The standard InChI is InChI=1S/C14H18N4OS/c1-2-12-10(6-8-19-12)9-18-13(16-17-14(18)20)11-5-3-4-7-15-11/h3-5,7,10,12H,2,6,8-9H2,1H3,(H,17,20). The molecule has 1 fully saturated rings. The molecule has 0 spiro atoms. The molecule has 1 saturated heterocycles. The van der Waals surface area contributed by atoms with E-state index in [9.17, 15) is 0 Å². The van der Waals surface area contributed by atoms with Crippen LogP contribution in [0.15, 0.2) is 24.4 Å². The first-order valence-electron chi connectivity index (χ1n) is 6.97. The van der Waals surface area contributed by atoms with Crippen LogP contribution >= 0.6 is 12.2 Å². The van der Waals surface area contributed by atoms with E-state index < -0.39 is 0 Å². The molecule has 0 aromatic carbocycles. The molecule has 0 amide bonds. The lowest BCUT2D eigenvalue weighted by Gasteiger charge is -2.17. The normalized spacial score (nSPS) is 22.2. The highest BCUT2D eigenvalue weighted by atomic mass is 32.1. The van der Waals surface area contributed by atoms with Crippen molar-refractivity contribution in [1.29, 1.82) is 0 Å². The van der Waals surface area contributed by atoms with Gasteiger partial charge in [0.05, 0.1) is 6.10 Å². The van der Waals surface area contributed by atoms with Crippen molar-refractivity contribution in [2.75, 3.05) is 6.61 Å². The minimum absolute atomic E-state index is 0.323. The number of H-pyrrole nitrogens is 1. The lowest BCUT2D eigenvalue weighted by atomic mass is 9.99. The fourth-order valence-corrected chi connectivity index (χ4v) is 2.97. The summed E-state index contributed by atoms with van der Waals surface area (Å²) >= 11 is 5.36. The van der Waals surface area contributed by atoms with E-state index in [0.717, 1.165) is 37.5 Å². The van der Waals surface area contributed by atoms with Gasteiger partial charge in [-0.15, -0.1) is 0 Å². The number of rotatable bonds is 4. The van der Waals surface area contributed by atoms with Crippen LogP contribution in [0.1, 0.15) is 19.8 Å². The van der Waals surface area contributed by atoms with Crippen LogP contribution in [0, 0.1) is 10.7 Å². The predicted octanol–water partition coefficient (Wildman–Crippen LogP) is 2.82. The molecule has 2 unspecified atom stereocenters. The number of nitrogens with zero attached hydrogens (tertiary/aromatic N) is 3. The van der Waals surface area contributed by atoms with E-state index in [-0.39, 0.29) is 0 Å². The van der Waals surface area contributed by atoms with Gasteiger partial charge >= 0.3 is 0 Å². The van der Waals surface area contributed by atoms with Gasteiger partial charge in [-0.2, -0.15) is 5.10 Å². The minimum atomic E-state index is 0.323. The summed E-state index contributed by atoms with van der Waals surface area (Å²) in [5.41, 5.74) is 0.840. The molecule has 1 N–H and O–H groups in total. The molecule has 0 radical (unpaired) electrons. The number of aromatic amines is 1. The molecule has 3 rings (SSSR count). The molecule has 5 nitrogen and oxygen atoms in total. The van der Waals surface area contributed by atoms with Gasteiger partial charge in [0, 0.05) is 25.3 Å². The summed E-state index contributed by atoms with van der Waals surface area (Å²) in [7, 11) is 0. The fourth-order valence-electron chi connectivity index (χ4n) is 2.76. The quantitative estimate of drug-likeness (QED) is 0.880. The van der Waals surface area contributed by atoms with Gasteiger partial charge in [-0.05, 0) is 37.2 Å². The first kappa shape index (κ1) is 13.5. The van der Waals surface area contributed by atoms with Crippen molar-refractivity contribution in [1.82, 2.24) is 19.7 Å². The SMILES string of the molecule is CCC1OCCC1Cn1c(-c2ccccn2)n[nH]c1=S. The molecular formula is C14H18N4OS. The molecule has 106 valence electrons. The Kier molecular flexibility index (Phi) is 3.93. The Morgan fingerprint density at radius 2 is 2.40 bits per heavy atom. The summed E-state index contributed by atoms with van der Waals surface area (Å²) in [5.74, 6) is 1.30. The summed E-state index contributed by atoms with van der Waals surface area (Å²) in [6.45, 7) is 3.84. The Balaban J connectivity index is 1.90. The summed E-state index contributed by atoms with van der Waals surface area (Å²) in [6, 6.07) is 5.80. The van der Waals surface area contributed by atoms with Gasteiger partial charge in [-0.1, -0.05) is 13.0 Å². The van der Waals surface area contributed by atoms with Gasteiger partial charge in [0.1, 0.15) is 5.69 Å². The van der Waals surface area contributed by atoms with Gasteiger partial charge in [0.2, 0.25) is 0 Å². The van der Waals surface area contributed by atoms with E-state index in [4.69, 9.17) is 17.0 Å². The molecule has 6 heteroatoms. The van der Waals surface area contributed by atoms with Crippen molar-refractivity contribution < 1.29 is 4.74 Å². The topological polar surface area (TPSA) is 55.7 Å². The lowest BCUT2D eigenvalue weighted by molar-refractivity contribution is 0.0835. The van der Waals surface area contributed by atoms with E-state index in [2.05, 4.69) is 22.1 Å². The molecule has 20 heavy (non-hydrogen) atoms. The van der Waals surface area contributed by atoms with Gasteiger partial charge in [-0.25, -0.2) is 0 Å². The van der Waals surface area contributed by atoms with Gasteiger partial charge in [-0.3, -0.25) is 14.6 Å². The number of aromatic nitrogens is 4. The molecule has 1 aliphatic rings. The van der Waals surface area contributed by atoms with Crippen LogP contribution in [0.3, 0.4) is 0 Å². The molecule has 3 heterocycles. The van der Waals surface area contributed by atoms with Gasteiger partial charge in [0.25, 0.3) is 0 Å². The third-order valence-corrected chi connectivity index (χ3v) is 4.13. The maximum Gasteiger partial charge on any atom is 0.195 e. The van der Waals surface area contributed by atoms with Crippen LogP contribution in [-0.2, 0) is 11.3 Å². The largest absolute Gasteiger partial charge is 0.378 e. The number of pyridine rings is 1. The van der Waals surface area contributed by atoms with E-state index in [1.165, 1.54) is 0 Å². The Labute approximate surface area is 123 Å². The van der Waals surface area contributed by atoms with Crippen LogP contribution in [0.5, 0.6) is 0 Å². The first-order valence-corrected chi connectivity index (χ1v) is 7.38. The van der Waals surface area contributed by atoms with Crippen LogP contribution in [-0.4, -0.2) is 32.5 Å². The van der Waals surface area contributed by atoms with Crippen LogP contribution in [0.2, 0.25) is 0 Å². The van der Waals surface area contributed by atoms with Gasteiger partial charge in [0.15, 0.2) is 10.6 Å². The predicted molar refractivity (Wildman–Crippen MR) is 78.8 cm³/mol.